The molecule has 81 heavy (non-hydrogen) atoms. The highest BCUT2D eigenvalue weighted by molar-refractivity contribution is 5.81. The van der Waals surface area contributed by atoms with Crippen molar-refractivity contribution in [1.82, 2.24) is 16.0 Å². The van der Waals surface area contributed by atoms with E-state index in [0.717, 1.165) is 45.2 Å². The van der Waals surface area contributed by atoms with Crippen molar-refractivity contribution >= 4 is 5.91 Å². The van der Waals surface area contributed by atoms with E-state index in [1.807, 2.05) is 20.8 Å². The molecular formula is C61H125N3O17. The second kappa shape index (κ2) is 51.9. The minimum atomic E-state index is -0.400. The van der Waals surface area contributed by atoms with E-state index in [1.165, 1.54) is 0 Å². The first-order chi connectivity index (χ1) is 38.6. The molecule has 0 bridgehead atoms. The predicted octanol–water partition coefficient (Wildman–Crippen LogP) is 7.20. The molecule has 3 atom stereocenters. The van der Waals surface area contributed by atoms with Gasteiger partial charge in [-0.05, 0) is 97.8 Å². The maximum absolute atomic E-state index is 11.9. The lowest BCUT2D eigenvalue weighted by atomic mass is 9.75. The lowest BCUT2D eigenvalue weighted by Gasteiger charge is -2.39. The maximum Gasteiger partial charge on any atom is 0.225 e. The highest BCUT2D eigenvalue weighted by Crippen LogP contribution is 2.38. The average molecular weight is 1170 g/mol. The van der Waals surface area contributed by atoms with Gasteiger partial charge in [-0.15, -0.1) is 0 Å². The Morgan fingerprint density at radius 2 is 0.593 bits per heavy atom. The summed E-state index contributed by atoms with van der Waals surface area (Å²) in [5.41, 5.74) is -0.562. The lowest BCUT2D eigenvalue weighted by Crippen LogP contribution is -2.38. The number of hydrogen-bond acceptors (Lipinski definition) is 19. The van der Waals surface area contributed by atoms with Crippen LogP contribution >= 0.6 is 0 Å². The molecule has 0 aliphatic heterocycles. The topological polar surface area (TPSA) is 201 Å². The summed E-state index contributed by atoms with van der Waals surface area (Å²) in [6, 6.07) is 0. The third kappa shape index (κ3) is 58.9. The van der Waals surface area contributed by atoms with Crippen molar-refractivity contribution in [3.8, 4) is 0 Å². The Balaban J connectivity index is 4.50. The number of ether oxygens (including phenoxy) is 16. The molecule has 20 nitrogen and oxygen atoms in total. The van der Waals surface area contributed by atoms with E-state index >= 15 is 0 Å². The lowest BCUT2D eigenvalue weighted by molar-refractivity contribution is -0.128. The van der Waals surface area contributed by atoms with Gasteiger partial charge in [0.15, 0.2) is 0 Å². The molecule has 0 spiro atoms. The molecule has 2 unspecified atom stereocenters. The zero-order chi connectivity index (χ0) is 60.2. The first-order valence-corrected chi connectivity index (χ1v) is 30.6. The molecule has 0 heterocycles. The molecule has 0 saturated carbocycles. The molecule has 0 aromatic rings. The van der Waals surface area contributed by atoms with Gasteiger partial charge in [0.1, 0.15) is 0 Å². The van der Waals surface area contributed by atoms with E-state index in [0.29, 0.717) is 223 Å². The highest BCUT2D eigenvalue weighted by Gasteiger charge is 2.34. The van der Waals surface area contributed by atoms with Gasteiger partial charge in [0, 0.05) is 49.3 Å². The van der Waals surface area contributed by atoms with Crippen LogP contribution in [0.4, 0.5) is 0 Å². The van der Waals surface area contributed by atoms with Crippen LogP contribution in [-0.2, 0) is 80.6 Å². The van der Waals surface area contributed by atoms with Gasteiger partial charge in [0.2, 0.25) is 5.91 Å². The van der Waals surface area contributed by atoms with E-state index < -0.39 is 5.41 Å². The van der Waals surface area contributed by atoms with Crippen molar-refractivity contribution in [2.24, 2.45) is 22.7 Å². The van der Waals surface area contributed by atoms with Gasteiger partial charge in [-0.2, -0.15) is 0 Å². The van der Waals surface area contributed by atoms with Gasteiger partial charge in [-0.3, -0.25) is 4.79 Å². The summed E-state index contributed by atoms with van der Waals surface area (Å²) in [4.78, 5) is 11.9. The summed E-state index contributed by atoms with van der Waals surface area (Å²) in [6.45, 7) is 48.7. The highest BCUT2D eigenvalue weighted by atomic mass is 16.6. The van der Waals surface area contributed by atoms with Crippen LogP contribution in [0.3, 0.4) is 0 Å². The smallest absolute Gasteiger partial charge is 0.225 e. The SMILES string of the molecule is CC(CCC(C)(CC(C)(C)CCOCCOCCOCCOCCOCCNC(C)(C)C)OCCOCCOCCOCCOCCOCCNC(C)(C)C)[C@H](C)CCOCCOCCOCCOCCOCCNC(=O)C(C)(C)C. The first-order valence-electron chi connectivity index (χ1n) is 30.6. The van der Waals surface area contributed by atoms with E-state index in [-0.39, 0.29) is 28.0 Å². The molecule has 0 aromatic carbocycles. The van der Waals surface area contributed by atoms with E-state index in [4.69, 9.17) is 75.8 Å². The van der Waals surface area contributed by atoms with E-state index in [9.17, 15) is 4.79 Å². The molecule has 0 fully saturated rings. The largest absolute Gasteiger partial charge is 0.379 e. The Labute approximate surface area is 493 Å². The summed E-state index contributed by atoms with van der Waals surface area (Å²) in [7, 11) is 0. The average Bonchev–Trinajstić information content (AvgIpc) is 3.39. The van der Waals surface area contributed by atoms with Gasteiger partial charge in [-0.1, -0.05) is 48.5 Å². The number of hydrogen-bond donors (Lipinski definition) is 3. The molecule has 0 rings (SSSR count). The number of nitrogens with one attached hydrogen (secondary N) is 3. The molecule has 3 N–H and O–H groups in total. The van der Waals surface area contributed by atoms with E-state index in [1.54, 1.807) is 0 Å². The molecule has 0 saturated heterocycles. The molecule has 0 radical (unpaired) electrons. The molecule has 0 aliphatic rings. The summed E-state index contributed by atoms with van der Waals surface area (Å²) in [6.07, 6.45) is 4.74. The molecular weight excluding hydrogens is 1050 g/mol. The van der Waals surface area contributed by atoms with Crippen molar-refractivity contribution in [2.45, 2.75) is 146 Å². The minimum absolute atomic E-state index is 0.0145. The molecule has 20 heteroatoms. The monoisotopic (exact) mass is 1170 g/mol. The number of amides is 1. The maximum atomic E-state index is 11.9. The third-order valence-electron chi connectivity index (χ3n) is 12.8. The fraction of sp³-hybridized carbons (Fsp3) is 0.984. The van der Waals surface area contributed by atoms with Crippen LogP contribution < -0.4 is 16.0 Å². The van der Waals surface area contributed by atoms with Gasteiger partial charge >= 0.3 is 0 Å². The zero-order valence-electron chi connectivity index (χ0n) is 54.2. The van der Waals surface area contributed by atoms with Gasteiger partial charge < -0.3 is 91.7 Å². The van der Waals surface area contributed by atoms with Crippen LogP contribution in [0.15, 0.2) is 0 Å². The summed E-state index contributed by atoms with van der Waals surface area (Å²) < 4.78 is 92.1. The fourth-order valence-corrected chi connectivity index (χ4v) is 7.82. The van der Waals surface area contributed by atoms with Gasteiger partial charge in [0.05, 0.1) is 197 Å². The third-order valence-corrected chi connectivity index (χ3v) is 12.8. The molecule has 0 aliphatic carbocycles. The number of carbonyl (C=O) groups is 1. The van der Waals surface area contributed by atoms with E-state index in [2.05, 4.69) is 92.1 Å². The summed E-state index contributed by atoms with van der Waals surface area (Å²) in [5, 5.41) is 9.66. The molecule has 0 aromatic heterocycles. The minimum Gasteiger partial charge on any atom is -0.379 e. The second-order valence-corrected chi connectivity index (χ2v) is 24.7. The predicted molar refractivity (Wildman–Crippen MR) is 320 cm³/mol. The Bertz CT molecular complexity index is 1370. The number of carbonyl (C=O) groups excluding carboxylic acids is 1. The molecule has 1 amide bonds. The zero-order valence-corrected chi connectivity index (χ0v) is 54.2. The molecule has 486 valence electrons. The Morgan fingerprint density at radius 1 is 0.321 bits per heavy atom. The van der Waals surface area contributed by atoms with Gasteiger partial charge in [0.25, 0.3) is 0 Å². The van der Waals surface area contributed by atoms with Crippen LogP contribution in [0, 0.1) is 22.7 Å². The van der Waals surface area contributed by atoms with Crippen molar-refractivity contribution in [1.29, 1.82) is 0 Å². The van der Waals surface area contributed by atoms with Crippen molar-refractivity contribution in [3.63, 3.8) is 0 Å². The van der Waals surface area contributed by atoms with Crippen molar-refractivity contribution in [3.05, 3.63) is 0 Å². The van der Waals surface area contributed by atoms with Gasteiger partial charge in [-0.25, -0.2) is 0 Å². The normalized spacial score (nSPS) is 14.2. The van der Waals surface area contributed by atoms with Crippen LogP contribution in [0.1, 0.15) is 129 Å². The van der Waals surface area contributed by atoms with Crippen molar-refractivity contribution < 1.29 is 80.6 Å². The standard InChI is InChI=1S/C61H125N3O17/c1-54(55(2)16-22-66-27-32-71-37-42-76-44-39-73-34-29-68-24-19-62-56(65)57(3,4)5)15-17-61(14,81-52-51-80-50-49-79-48-47-78-46-41-75-36-31-70-26-21-64-59(9,10)11)53-60(12,13)18-23-67-28-33-72-38-43-77-45-40-74-35-30-69-25-20-63-58(6,7)8/h54-55,63-64H,15-53H2,1-14H3,(H,62,65)/t54?,55-,61?/m1/s1. The van der Waals surface area contributed by atoms with Crippen LogP contribution in [0.2, 0.25) is 0 Å². The Hall–Kier alpha value is -1.25. The summed E-state index contributed by atoms with van der Waals surface area (Å²) in [5.74, 6) is 0.996. The van der Waals surface area contributed by atoms with Crippen molar-refractivity contribution in [2.75, 3.05) is 224 Å². The second-order valence-electron chi connectivity index (χ2n) is 24.7. The van der Waals surface area contributed by atoms with Crippen LogP contribution in [0.5, 0.6) is 0 Å². The van der Waals surface area contributed by atoms with Crippen LogP contribution in [-0.4, -0.2) is 247 Å². The first kappa shape index (κ1) is 79.8. The Kier molecular flexibility index (Phi) is 51.1. The quantitative estimate of drug-likeness (QED) is 0.0516. The Morgan fingerprint density at radius 3 is 0.914 bits per heavy atom. The fourth-order valence-electron chi connectivity index (χ4n) is 7.82. The number of rotatable bonds is 61. The summed E-state index contributed by atoms with van der Waals surface area (Å²) >= 11 is 0. The van der Waals surface area contributed by atoms with Crippen LogP contribution in [0.25, 0.3) is 0 Å².